The average molecular weight is 410 g/mol. The van der Waals surface area contributed by atoms with Crippen LogP contribution in [0.3, 0.4) is 0 Å². The Morgan fingerprint density at radius 3 is 2.70 bits per heavy atom. The number of hydrogen-bond acceptors (Lipinski definition) is 6. The van der Waals surface area contributed by atoms with Crippen LogP contribution in [0.4, 0.5) is 0 Å². The summed E-state index contributed by atoms with van der Waals surface area (Å²) in [5.41, 5.74) is 1.50. The summed E-state index contributed by atoms with van der Waals surface area (Å²) in [6, 6.07) is 8.08. The van der Waals surface area contributed by atoms with E-state index in [2.05, 4.69) is 28.4 Å². The van der Waals surface area contributed by atoms with E-state index in [1.807, 2.05) is 0 Å². The van der Waals surface area contributed by atoms with E-state index in [1.165, 1.54) is 14.2 Å². The predicted molar refractivity (Wildman–Crippen MR) is 114 cm³/mol. The zero-order valence-corrected chi connectivity index (χ0v) is 17.2. The molecule has 1 N–H and O–H groups in total. The lowest BCUT2D eigenvalue weighted by Crippen LogP contribution is -2.46. The summed E-state index contributed by atoms with van der Waals surface area (Å²) in [5, 5.41) is 3.82. The van der Waals surface area contributed by atoms with Crippen molar-refractivity contribution in [2.24, 2.45) is 0 Å². The fourth-order valence-corrected chi connectivity index (χ4v) is 2.63. The maximum absolute atomic E-state index is 13.0. The topological polar surface area (TPSA) is 93.6 Å². The van der Waals surface area contributed by atoms with E-state index >= 15 is 0 Å². The molecule has 0 aliphatic carbocycles. The van der Waals surface area contributed by atoms with Gasteiger partial charge in [0.2, 0.25) is 0 Å². The van der Waals surface area contributed by atoms with E-state index in [9.17, 15) is 9.59 Å². The minimum absolute atomic E-state index is 0.214. The average Bonchev–Trinajstić information content (AvgIpc) is 2.78. The summed E-state index contributed by atoms with van der Waals surface area (Å²) in [6.45, 7) is 7.71. The Kier molecular flexibility index (Phi) is 8.71. The Morgan fingerprint density at radius 1 is 1.23 bits per heavy atom. The number of aromatic nitrogens is 2. The highest BCUT2D eigenvalue weighted by Crippen LogP contribution is 2.23. The second kappa shape index (κ2) is 11.5. The lowest BCUT2D eigenvalue weighted by atomic mass is 10.0. The Hall–Kier alpha value is -3.52. The molecule has 1 unspecified atom stereocenters. The Balaban J connectivity index is 2.28. The van der Waals surface area contributed by atoms with E-state index < -0.39 is 11.9 Å². The van der Waals surface area contributed by atoms with Gasteiger partial charge in [-0.3, -0.25) is 14.4 Å². The fourth-order valence-electron chi connectivity index (χ4n) is 2.63. The molecular weight excluding hydrogens is 384 g/mol. The molecule has 8 heteroatoms. The van der Waals surface area contributed by atoms with Crippen LogP contribution in [0.25, 0.3) is 11.3 Å². The molecule has 0 radical (unpaired) electrons. The molecule has 0 bridgehead atoms. The molecule has 2 amide bonds. The van der Waals surface area contributed by atoms with Gasteiger partial charge in [-0.2, -0.15) is 4.98 Å². The van der Waals surface area contributed by atoms with Crippen molar-refractivity contribution < 1.29 is 19.2 Å². The molecule has 0 aliphatic heterocycles. The molecule has 0 saturated heterocycles. The first-order valence-electron chi connectivity index (χ1n) is 9.41. The number of hydrogen-bond donors (Lipinski definition) is 1. The van der Waals surface area contributed by atoms with Gasteiger partial charge in [-0.1, -0.05) is 30.4 Å². The van der Waals surface area contributed by atoms with E-state index in [0.29, 0.717) is 29.8 Å². The van der Waals surface area contributed by atoms with Crippen molar-refractivity contribution in [2.75, 3.05) is 20.8 Å². The van der Waals surface area contributed by atoms with E-state index in [-0.39, 0.29) is 18.3 Å². The van der Waals surface area contributed by atoms with Crippen molar-refractivity contribution in [2.45, 2.75) is 18.9 Å². The van der Waals surface area contributed by atoms with E-state index in [0.717, 1.165) is 5.06 Å². The molecule has 158 valence electrons. The third-order valence-electron chi connectivity index (χ3n) is 4.22. The summed E-state index contributed by atoms with van der Waals surface area (Å²) in [5.74, 6) is -0.800. The van der Waals surface area contributed by atoms with Gasteiger partial charge in [0.25, 0.3) is 11.8 Å². The lowest BCUT2D eigenvalue weighted by molar-refractivity contribution is -0.170. The highest BCUT2D eigenvalue weighted by Gasteiger charge is 2.25. The molecule has 30 heavy (non-hydrogen) atoms. The number of hydroxylamine groups is 2. The number of nitrogens with zero attached hydrogens (tertiary/aromatic N) is 3. The number of amides is 2. The Morgan fingerprint density at radius 2 is 2.00 bits per heavy atom. The fraction of sp³-hybridized carbons (Fsp3) is 0.273. The van der Waals surface area contributed by atoms with Gasteiger partial charge in [-0.15, -0.1) is 13.2 Å². The van der Waals surface area contributed by atoms with Crippen molar-refractivity contribution in [1.29, 1.82) is 0 Å². The number of benzene rings is 1. The number of rotatable bonds is 11. The minimum Gasteiger partial charge on any atom is -0.463 e. The SMILES string of the molecule is C=CCCOc1nccc(-c2ccccc2C(=O)NC(CC=C)C(=O)N(C)OC)n1. The van der Waals surface area contributed by atoms with Crippen LogP contribution in [0, 0.1) is 0 Å². The van der Waals surface area contributed by atoms with Crippen LogP contribution in [0.15, 0.2) is 61.8 Å². The van der Waals surface area contributed by atoms with E-state index in [1.54, 1.807) is 48.7 Å². The van der Waals surface area contributed by atoms with Crippen molar-refractivity contribution in [3.05, 3.63) is 67.4 Å². The predicted octanol–water partition coefficient (Wildman–Crippen LogP) is 2.79. The minimum atomic E-state index is -0.809. The molecule has 8 nitrogen and oxygen atoms in total. The first kappa shape index (κ1) is 22.8. The number of nitrogens with one attached hydrogen (secondary N) is 1. The van der Waals surface area contributed by atoms with Crippen LogP contribution in [-0.4, -0.2) is 53.7 Å². The lowest BCUT2D eigenvalue weighted by Gasteiger charge is -2.22. The molecule has 0 spiro atoms. The Labute approximate surface area is 176 Å². The number of carbonyl (C=O) groups excluding carboxylic acids is 2. The summed E-state index contributed by atoms with van der Waals surface area (Å²) in [4.78, 5) is 38.9. The van der Waals surface area contributed by atoms with Crippen LogP contribution in [0.5, 0.6) is 6.01 Å². The zero-order chi connectivity index (χ0) is 21.9. The van der Waals surface area contributed by atoms with Gasteiger partial charge in [0.1, 0.15) is 6.04 Å². The maximum Gasteiger partial charge on any atom is 0.316 e. The quantitative estimate of drug-likeness (QED) is 0.348. The third-order valence-corrected chi connectivity index (χ3v) is 4.22. The van der Waals surface area contributed by atoms with Gasteiger partial charge in [-0.05, 0) is 25.0 Å². The molecule has 0 saturated carbocycles. The third kappa shape index (κ3) is 5.99. The highest BCUT2D eigenvalue weighted by atomic mass is 16.7. The zero-order valence-electron chi connectivity index (χ0n) is 17.2. The van der Waals surface area contributed by atoms with Crippen LogP contribution in [0.1, 0.15) is 23.2 Å². The highest BCUT2D eigenvalue weighted by molar-refractivity contribution is 6.02. The molecule has 1 aromatic heterocycles. The molecule has 0 fully saturated rings. The molecule has 2 aromatic rings. The molecule has 1 atom stereocenters. The number of likely N-dealkylation sites (N-methyl/N-ethyl adjacent to an activating group) is 1. The van der Waals surface area contributed by atoms with Crippen molar-refractivity contribution in [3.8, 4) is 17.3 Å². The Bertz CT molecular complexity index is 900. The maximum atomic E-state index is 13.0. The standard InChI is InChI=1S/C22H26N4O4/c1-5-7-15-30-22-23-14-13-18(25-22)16-11-8-9-12-17(16)20(27)24-19(10-6-2)21(28)26(3)29-4/h5-6,8-9,11-14,19H,1-2,7,10,15H2,3-4H3,(H,24,27). The number of carbonyl (C=O) groups is 2. The molecule has 1 heterocycles. The van der Waals surface area contributed by atoms with Gasteiger partial charge >= 0.3 is 6.01 Å². The van der Waals surface area contributed by atoms with Crippen LogP contribution in [-0.2, 0) is 9.63 Å². The molecule has 1 aromatic carbocycles. The summed E-state index contributed by atoms with van der Waals surface area (Å²) in [6.07, 6.45) is 5.80. The largest absolute Gasteiger partial charge is 0.463 e. The second-order valence-electron chi connectivity index (χ2n) is 6.26. The monoisotopic (exact) mass is 410 g/mol. The van der Waals surface area contributed by atoms with Gasteiger partial charge in [0.15, 0.2) is 0 Å². The first-order valence-corrected chi connectivity index (χ1v) is 9.41. The summed E-state index contributed by atoms with van der Waals surface area (Å²) >= 11 is 0. The van der Waals surface area contributed by atoms with Gasteiger partial charge in [0.05, 0.1) is 19.4 Å². The van der Waals surface area contributed by atoms with Gasteiger partial charge in [0, 0.05) is 24.4 Å². The normalized spacial score (nSPS) is 11.3. The van der Waals surface area contributed by atoms with Gasteiger partial charge < -0.3 is 10.1 Å². The van der Waals surface area contributed by atoms with Crippen molar-refractivity contribution in [3.63, 3.8) is 0 Å². The second-order valence-corrected chi connectivity index (χ2v) is 6.26. The van der Waals surface area contributed by atoms with E-state index in [4.69, 9.17) is 9.57 Å². The smallest absolute Gasteiger partial charge is 0.316 e. The summed E-state index contributed by atoms with van der Waals surface area (Å²) in [7, 11) is 2.86. The number of ether oxygens (including phenoxy) is 1. The van der Waals surface area contributed by atoms with Crippen LogP contribution in [0.2, 0.25) is 0 Å². The van der Waals surface area contributed by atoms with Crippen molar-refractivity contribution >= 4 is 11.8 Å². The molecular formula is C22H26N4O4. The molecule has 0 aliphatic rings. The van der Waals surface area contributed by atoms with Crippen molar-refractivity contribution in [1.82, 2.24) is 20.3 Å². The van der Waals surface area contributed by atoms with Crippen LogP contribution >= 0.6 is 0 Å². The van der Waals surface area contributed by atoms with Gasteiger partial charge in [-0.25, -0.2) is 10.0 Å². The first-order chi connectivity index (χ1) is 14.5. The summed E-state index contributed by atoms with van der Waals surface area (Å²) < 4.78 is 5.51. The molecule has 2 rings (SSSR count). The van der Waals surface area contributed by atoms with Crippen LogP contribution < -0.4 is 10.1 Å².